The predicted octanol–water partition coefficient (Wildman–Crippen LogP) is 3.88. The standard InChI is InChI=1S/C23H26F2N2O3S/c1-14-10-15(2)22(16(3)11-14)31(29,30)26-7-4-17(5-8-26)23(28)27-9-6-19-20(25)12-18(24)13-21(19)27/h10-13,17H,4-9H2,1-3H3. The molecule has 0 aromatic heterocycles. The first-order chi connectivity index (χ1) is 14.6. The van der Waals surface area contributed by atoms with E-state index in [1.54, 1.807) is 13.8 Å². The number of carbonyl (C=O) groups excluding carboxylic acids is 1. The van der Waals surface area contributed by atoms with Gasteiger partial charge in [-0.15, -0.1) is 0 Å². The third-order valence-electron chi connectivity index (χ3n) is 6.28. The normalized spacial score (nSPS) is 17.8. The number of piperidine rings is 1. The summed E-state index contributed by atoms with van der Waals surface area (Å²) in [6, 6.07) is 5.76. The monoisotopic (exact) mass is 448 g/mol. The van der Waals surface area contributed by atoms with Crippen molar-refractivity contribution >= 4 is 21.6 Å². The molecule has 4 rings (SSSR count). The number of anilines is 1. The Morgan fingerprint density at radius 2 is 1.58 bits per heavy atom. The van der Waals surface area contributed by atoms with E-state index in [1.165, 1.54) is 15.3 Å². The lowest BCUT2D eigenvalue weighted by Gasteiger charge is -2.33. The SMILES string of the molecule is Cc1cc(C)c(S(=O)(=O)N2CCC(C(=O)N3CCc4c(F)cc(F)cc43)CC2)c(C)c1. The molecule has 0 unspecified atom stereocenters. The Morgan fingerprint density at radius 1 is 0.968 bits per heavy atom. The highest BCUT2D eigenvalue weighted by Crippen LogP contribution is 2.35. The van der Waals surface area contributed by atoms with Crippen LogP contribution in [0.3, 0.4) is 0 Å². The molecule has 0 N–H and O–H groups in total. The Bertz CT molecular complexity index is 1130. The zero-order valence-electron chi connectivity index (χ0n) is 17.9. The first-order valence-electron chi connectivity index (χ1n) is 10.5. The van der Waals surface area contributed by atoms with Crippen molar-refractivity contribution in [2.75, 3.05) is 24.5 Å². The number of nitrogens with zero attached hydrogens (tertiary/aromatic N) is 2. The summed E-state index contributed by atoms with van der Waals surface area (Å²) in [6.45, 7) is 6.32. The van der Waals surface area contributed by atoms with Gasteiger partial charge in [0.05, 0.1) is 10.6 Å². The van der Waals surface area contributed by atoms with Crippen molar-refractivity contribution in [1.29, 1.82) is 0 Å². The first kappa shape index (κ1) is 21.9. The number of hydrogen-bond donors (Lipinski definition) is 0. The van der Waals surface area contributed by atoms with Crippen LogP contribution in [0.25, 0.3) is 0 Å². The zero-order chi connectivity index (χ0) is 22.5. The summed E-state index contributed by atoms with van der Waals surface area (Å²) >= 11 is 0. The summed E-state index contributed by atoms with van der Waals surface area (Å²) in [5.74, 6) is -1.90. The smallest absolute Gasteiger partial charge is 0.243 e. The molecule has 2 aromatic rings. The van der Waals surface area contributed by atoms with Gasteiger partial charge in [0.25, 0.3) is 0 Å². The number of aryl methyl sites for hydroxylation is 3. The van der Waals surface area contributed by atoms with Gasteiger partial charge >= 0.3 is 0 Å². The molecule has 31 heavy (non-hydrogen) atoms. The van der Waals surface area contributed by atoms with Gasteiger partial charge in [0.2, 0.25) is 15.9 Å². The van der Waals surface area contributed by atoms with Gasteiger partial charge in [0.15, 0.2) is 0 Å². The molecule has 1 saturated heterocycles. The zero-order valence-corrected chi connectivity index (χ0v) is 18.7. The lowest BCUT2D eigenvalue weighted by molar-refractivity contribution is -0.123. The average molecular weight is 449 g/mol. The fourth-order valence-electron chi connectivity index (χ4n) is 4.92. The van der Waals surface area contributed by atoms with Gasteiger partial charge in [0, 0.05) is 37.2 Å². The van der Waals surface area contributed by atoms with Crippen LogP contribution in [0.4, 0.5) is 14.5 Å². The van der Waals surface area contributed by atoms with Crippen molar-refractivity contribution in [1.82, 2.24) is 4.31 Å². The first-order valence-corrected chi connectivity index (χ1v) is 11.9. The Morgan fingerprint density at radius 3 is 2.19 bits per heavy atom. The second-order valence-corrected chi connectivity index (χ2v) is 10.4. The molecule has 2 aliphatic heterocycles. The quantitative estimate of drug-likeness (QED) is 0.716. The van der Waals surface area contributed by atoms with Crippen molar-refractivity contribution in [3.8, 4) is 0 Å². The minimum atomic E-state index is -3.66. The molecule has 2 aromatic carbocycles. The van der Waals surface area contributed by atoms with Crippen molar-refractivity contribution in [2.24, 2.45) is 5.92 Å². The van der Waals surface area contributed by atoms with Gasteiger partial charge in [-0.25, -0.2) is 17.2 Å². The molecule has 2 aliphatic rings. The van der Waals surface area contributed by atoms with Crippen LogP contribution in [-0.4, -0.2) is 38.3 Å². The molecule has 166 valence electrons. The number of sulfonamides is 1. The number of benzene rings is 2. The van der Waals surface area contributed by atoms with Gasteiger partial charge in [-0.2, -0.15) is 4.31 Å². The van der Waals surface area contributed by atoms with E-state index in [9.17, 15) is 22.0 Å². The van der Waals surface area contributed by atoms with Crippen molar-refractivity contribution < 1.29 is 22.0 Å². The second-order valence-electron chi connectivity index (χ2n) is 8.53. The Labute approximate surface area is 181 Å². The van der Waals surface area contributed by atoms with Crippen LogP contribution in [-0.2, 0) is 21.2 Å². The Hall–Kier alpha value is -2.32. The highest BCUT2D eigenvalue weighted by molar-refractivity contribution is 7.89. The summed E-state index contributed by atoms with van der Waals surface area (Å²) in [7, 11) is -3.66. The van der Waals surface area contributed by atoms with Gasteiger partial charge in [-0.05, 0) is 57.2 Å². The van der Waals surface area contributed by atoms with Gasteiger partial charge in [0.1, 0.15) is 11.6 Å². The van der Waals surface area contributed by atoms with Crippen LogP contribution in [0.15, 0.2) is 29.2 Å². The molecule has 0 spiro atoms. The molecule has 0 aliphatic carbocycles. The Balaban J connectivity index is 1.50. The van der Waals surface area contributed by atoms with E-state index >= 15 is 0 Å². The van der Waals surface area contributed by atoms with Gasteiger partial charge < -0.3 is 4.90 Å². The number of carbonyl (C=O) groups is 1. The summed E-state index contributed by atoms with van der Waals surface area (Å²) in [4.78, 5) is 14.9. The molecule has 1 fully saturated rings. The Kier molecular flexibility index (Phi) is 5.64. The molecule has 2 heterocycles. The predicted molar refractivity (Wildman–Crippen MR) is 115 cm³/mol. The fraction of sp³-hybridized carbons (Fsp3) is 0.435. The maximum atomic E-state index is 14.0. The van der Waals surface area contributed by atoms with E-state index in [0.29, 0.717) is 53.1 Å². The third kappa shape index (κ3) is 3.87. The summed E-state index contributed by atoms with van der Waals surface area (Å²) < 4.78 is 55.7. The number of hydrogen-bond acceptors (Lipinski definition) is 3. The maximum absolute atomic E-state index is 14.0. The number of rotatable bonds is 3. The molecule has 1 amide bonds. The number of amides is 1. The van der Waals surface area contributed by atoms with Crippen LogP contribution in [0.2, 0.25) is 0 Å². The minimum Gasteiger partial charge on any atom is -0.311 e. The molecule has 0 bridgehead atoms. The fourth-order valence-corrected chi connectivity index (χ4v) is 6.80. The summed E-state index contributed by atoms with van der Waals surface area (Å²) in [6.07, 6.45) is 1.11. The van der Waals surface area contributed by atoms with E-state index in [1.807, 2.05) is 19.1 Å². The highest BCUT2D eigenvalue weighted by atomic mass is 32.2. The van der Waals surface area contributed by atoms with Crippen LogP contribution < -0.4 is 4.90 Å². The van der Waals surface area contributed by atoms with E-state index in [0.717, 1.165) is 11.6 Å². The highest BCUT2D eigenvalue weighted by Gasteiger charge is 2.37. The van der Waals surface area contributed by atoms with Gasteiger partial charge in [-0.1, -0.05) is 17.7 Å². The number of halogens is 2. The largest absolute Gasteiger partial charge is 0.311 e. The molecule has 5 nitrogen and oxygen atoms in total. The maximum Gasteiger partial charge on any atom is 0.243 e. The van der Waals surface area contributed by atoms with Crippen LogP contribution in [0.5, 0.6) is 0 Å². The van der Waals surface area contributed by atoms with Crippen LogP contribution in [0, 0.1) is 38.3 Å². The van der Waals surface area contributed by atoms with Crippen LogP contribution in [0.1, 0.15) is 35.1 Å². The van der Waals surface area contributed by atoms with E-state index in [4.69, 9.17) is 0 Å². The minimum absolute atomic E-state index is 0.191. The second kappa shape index (κ2) is 7.98. The van der Waals surface area contributed by atoms with E-state index in [-0.39, 0.29) is 24.9 Å². The average Bonchev–Trinajstić information content (AvgIpc) is 3.10. The number of fused-ring (bicyclic) bond motifs is 1. The van der Waals surface area contributed by atoms with Gasteiger partial charge in [-0.3, -0.25) is 4.79 Å². The van der Waals surface area contributed by atoms with Crippen molar-refractivity contribution in [3.05, 3.63) is 58.2 Å². The van der Waals surface area contributed by atoms with Crippen molar-refractivity contribution in [3.63, 3.8) is 0 Å². The topological polar surface area (TPSA) is 57.7 Å². The lowest BCUT2D eigenvalue weighted by atomic mass is 9.96. The van der Waals surface area contributed by atoms with Crippen LogP contribution >= 0.6 is 0 Å². The summed E-state index contributed by atoms with van der Waals surface area (Å²) in [5.41, 5.74) is 3.10. The molecular formula is C23H26F2N2O3S. The lowest BCUT2D eigenvalue weighted by Crippen LogP contribution is -2.44. The molecule has 8 heteroatoms. The molecule has 0 saturated carbocycles. The molecule has 0 radical (unpaired) electrons. The summed E-state index contributed by atoms with van der Waals surface area (Å²) in [5, 5.41) is 0. The third-order valence-corrected chi connectivity index (χ3v) is 8.49. The van der Waals surface area contributed by atoms with E-state index < -0.39 is 21.7 Å². The van der Waals surface area contributed by atoms with Crippen molar-refractivity contribution in [2.45, 2.75) is 44.9 Å². The molecule has 0 atom stereocenters. The molecular weight excluding hydrogens is 422 g/mol. The van der Waals surface area contributed by atoms with E-state index in [2.05, 4.69) is 0 Å².